The Morgan fingerprint density at radius 1 is 1.15 bits per heavy atom. The zero-order valence-corrected chi connectivity index (χ0v) is 11.2. The zero-order valence-electron chi connectivity index (χ0n) is 11.2. The van der Waals surface area contributed by atoms with Crippen molar-refractivity contribution in [3.8, 4) is 0 Å². The summed E-state index contributed by atoms with van der Waals surface area (Å²) in [5.41, 5.74) is 12.3. The normalized spacial score (nSPS) is 31.2. The van der Waals surface area contributed by atoms with E-state index < -0.39 is 5.91 Å². The number of carbonyl (C=O) groups excluding carboxylic acids is 2. The molecule has 3 rings (SSSR count). The van der Waals surface area contributed by atoms with Crippen LogP contribution in [0.5, 0.6) is 0 Å². The number of primary amides is 1. The number of nitrogens with one attached hydrogen (secondary N) is 1. The van der Waals surface area contributed by atoms with Crippen molar-refractivity contribution in [2.24, 2.45) is 29.2 Å². The fourth-order valence-corrected chi connectivity index (χ4v) is 3.75. The second-order valence-corrected chi connectivity index (χ2v) is 5.84. The fraction of sp³-hybridized carbons (Fsp3) is 0.467. The molecular weight excluding hydrogens is 254 g/mol. The van der Waals surface area contributed by atoms with E-state index in [0.29, 0.717) is 23.1 Å². The van der Waals surface area contributed by atoms with E-state index >= 15 is 0 Å². The molecule has 4 atom stereocenters. The fourth-order valence-electron chi connectivity index (χ4n) is 3.75. The number of carbonyl (C=O) groups is 2. The van der Waals surface area contributed by atoms with Gasteiger partial charge in [-0.3, -0.25) is 9.59 Å². The molecule has 5 N–H and O–H groups in total. The van der Waals surface area contributed by atoms with Crippen molar-refractivity contribution in [3.63, 3.8) is 0 Å². The Labute approximate surface area is 117 Å². The molecule has 106 valence electrons. The summed E-state index contributed by atoms with van der Waals surface area (Å²) in [7, 11) is 0. The minimum absolute atomic E-state index is 0.0607. The van der Waals surface area contributed by atoms with E-state index in [1.165, 1.54) is 0 Å². The predicted octanol–water partition coefficient (Wildman–Crippen LogP) is 1.10. The molecule has 4 unspecified atom stereocenters. The minimum atomic E-state index is -0.543. The Kier molecular flexibility index (Phi) is 3.22. The maximum Gasteiger partial charge on any atom is 0.250 e. The topological polar surface area (TPSA) is 98.2 Å². The Morgan fingerprint density at radius 2 is 1.85 bits per heavy atom. The predicted molar refractivity (Wildman–Crippen MR) is 75.9 cm³/mol. The van der Waals surface area contributed by atoms with Crippen LogP contribution in [0.3, 0.4) is 0 Å². The molecule has 2 saturated carbocycles. The number of para-hydroxylation sites is 1. The van der Waals surface area contributed by atoms with Crippen LogP contribution in [-0.2, 0) is 4.79 Å². The summed E-state index contributed by atoms with van der Waals surface area (Å²) in [6.45, 7) is 0. The van der Waals surface area contributed by atoms with Crippen molar-refractivity contribution < 1.29 is 9.59 Å². The summed E-state index contributed by atoms with van der Waals surface area (Å²) in [6.07, 6.45) is 3.26. The van der Waals surface area contributed by atoms with E-state index in [4.69, 9.17) is 11.5 Å². The van der Waals surface area contributed by atoms with Crippen molar-refractivity contribution in [3.05, 3.63) is 29.8 Å². The van der Waals surface area contributed by atoms with Crippen molar-refractivity contribution in [2.75, 3.05) is 5.32 Å². The number of benzene rings is 1. The van der Waals surface area contributed by atoms with Crippen LogP contribution in [0.4, 0.5) is 5.69 Å². The monoisotopic (exact) mass is 273 g/mol. The van der Waals surface area contributed by atoms with E-state index in [0.717, 1.165) is 19.3 Å². The third-order valence-electron chi connectivity index (χ3n) is 4.73. The highest BCUT2D eigenvalue weighted by Crippen LogP contribution is 2.47. The van der Waals surface area contributed by atoms with Gasteiger partial charge in [-0.25, -0.2) is 0 Å². The van der Waals surface area contributed by atoms with Crippen molar-refractivity contribution in [1.82, 2.24) is 0 Å². The molecular formula is C15H19N3O2. The molecule has 5 nitrogen and oxygen atoms in total. The van der Waals surface area contributed by atoms with Crippen LogP contribution in [0.1, 0.15) is 29.6 Å². The average molecular weight is 273 g/mol. The second-order valence-electron chi connectivity index (χ2n) is 5.84. The van der Waals surface area contributed by atoms with Gasteiger partial charge in [0.25, 0.3) is 5.91 Å². The van der Waals surface area contributed by atoms with Crippen LogP contribution in [0.2, 0.25) is 0 Å². The first-order valence-electron chi connectivity index (χ1n) is 7.03. The molecule has 2 amide bonds. The van der Waals surface area contributed by atoms with Gasteiger partial charge in [0, 0.05) is 6.04 Å². The van der Waals surface area contributed by atoms with Crippen molar-refractivity contribution >= 4 is 17.5 Å². The molecule has 2 aliphatic carbocycles. The van der Waals surface area contributed by atoms with Gasteiger partial charge in [0.1, 0.15) is 0 Å². The smallest absolute Gasteiger partial charge is 0.250 e. The number of fused-ring (bicyclic) bond motifs is 2. The lowest BCUT2D eigenvalue weighted by molar-refractivity contribution is -0.121. The maximum absolute atomic E-state index is 12.4. The Hall–Kier alpha value is -1.88. The van der Waals surface area contributed by atoms with Gasteiger partial charge in [0.15, 0.2) is 0 Å². The number of anilines is 1. The molecule has 1 aromatic carbocycles. The SMILES string of the molecule is NC(=O)c1ccccc1NC(=O)C1C2CCC(C2)C1N. The summed E-state index contributed by atoms with van der Waals surface area (Å²) in [5.74, 6) is 0.0871. The Bertz CT molecular complexity index is 556. The van der Waals surface area contributed by atoms with Gasteiger partial charge in [0.2, 0.25) is 5.91 Å². The molecule has 5 heteroatoms. The standard InChI is InChI=1S/C15H19N3O2/c16-13-9-6-5-8(7-9)12(13)15(20)18-11-4-2-1-3-10(11)14(17)19/h1-4,8-9,12-13H,5-7,16H2,(H2,17,19)(H,18,20). The molecule has 2 aliphatic rings. The number of rotatable bonds is 3. The highest BCUT2D eigenvalue weighted by atomic mass is 16.2. The van der Waals surface area contributed by atoms with Crippen LogP contribution in [0, 0.1) is 17.8 Å². The highest BCUT2D eigenvalue weighted by Gasteiger charge is 2.49. The zero-order chi connectivity index (χ0) is 14.3. The summed E-state index contributed by atoms with van der Waals surface area (Å²) >= 11 is 0. The van der Waals surface area contributed by atoms with E-state index in [9.17, 15) is 9.59 Å². The molecule has 1 aromatic rings. The van der Waals surface area contributed by atoms with Gasteiger partial charge in [0.05, 0.1) is 17.2 Å². The first kappa shape index (κ1) is 13.1. The second kappa shape index (κ2) is 4.90. The van der Waals surface area contributed by atoms with Crippen LogP contribution in [0.25, 0.3) is 0 Å². The first-order chi connectivity index (χ1) is 9.58. The van der Waals surface area contributed by atoms with Gasteiger partial charge >= 0.3 is 0 Å². The lowest BCUT2D eigenvalue weighted by Gasteiger charge is -2.27. The highest BCUT2D eigenvalue weighted by molar-refractivity contribution is 6.03. The first-order valence-corrected chi connectivity index (χ1v) is 7.03. The van der Waals surface area contributed by atoms with Gasteiger partial charge in [-0.05, 0) is 43.2 Å². The summed E-state index contributed by atoms with van der Waals surface area (Å²) in [4.78, 5) is 23.8. The quantitative estimate of drug-likeness (QED) is 0.769. The molecule has 0 radical (unpaired) electrons. The van der Waals surface area contributed by atoms with E-state index in [1.54, 1.807) is 24.3 Å². The Morgan fingerprint density at radius 3 is 2.50 bits per heavy atom. The van der Waals surface area contributed by atoms with Gasteiger partial charge in [-0.15, -0.1) is 0 Å². The van der Waals surface area contributed by atoms with Gasteiger partial charge < -0.3 is 16.8 Å². The number of hydrogen-bond donors (Lipinski definition) is 3. The minimum Gasteiger partial charge on any atom is -0.366 e. The molecule has 2 bridgehead atoms. The summed E-state index contributed by atoms with van der Waals surface area (Å²) < 4.78 is 0. The molecule has 20 heavy (non-hydrogen) atoms. The molecule has 0 saturated heterocycles. The lowest BCUT2D eigenvalue weighted by Crippen LogP contribution is -2.42. The molecule has 0 spiro atoms. The average Bonchev–Trinajstić information content (AvgIpc) is 2.99. The van der Waals surface area contributed by atoms with Gasteiger partial charge in [-0.1, -0.05) is 12.1 Å². The van der Waals surface area contributed by atoms with E-state index in [1.807, 2.05) is 0 Å². The number of hydrogen-bond acceptors (Lipinski definition) is 3. The van der Waals surface area contributed by atoms with Crippen molar-refractivity contribution in [2.45, 2.75) is 25.3 Å². The molecule has 0 aromatic heterocycles. The summed E-state index contributed by atoms with van der Waals surface area (Å²) in [6, 6.07) is 6.73. The number of amides is 2. The van der Waals surface area contributed by atoms with Crippen LogP contribution in [0.15, 0.2) is 24.3 Å². The van der Waals surface area contributed by atoms with Crippen LogP contribution >= 0.6 is 0 Å². The lowest BCUT2D eigenvalue weighted by atomic mass is 9.84. The third-order valence-corrected chi connectivity index (χ3v) is 4.73. The maximum atomic E-state index is 12.4. The van der Waals surface area contributed by atoms with Crippen LogP contribution < -0.4 is 16.8 Å². The molecule has 0 heterocycles. The van der Waals surface area contributed by atoms with Gasteiger partial charge in [-0.2, -0.15) is 0 Å². The van der Waals surface area contributed by atoms with E-state index in [2.05, 4.69) is 5.32 Å². The Balaban J connectivity index is 1.78. The van der Waals surface area contributed by atoms with Crippen molar-refractivity contribution in [1.29, 1.82) is 0 Å². The molecule has 2 fully saturated rings. The van der Waals surface area contributed by atoms with E-state index in [-0.39, 0.29) is 17.9 Å². The third kappa shape index (κ3) is 2.08. The van der Waals surface area contributed by atoms with Crippen LogP contribution in [-0.4, -0.2) is 17.9 Å². The summed E-state index contributed by atoms with van der Waals surface area (Å²) in [5, 5.41) is 2.83. The largest absolute Gasteiger partial charge is 0.366 e. The number of nitrogens with two attached hydrogens (primary N) is 2. The molecule has 0 aliphatic heterocycles.